The number of nitrogens with zero attached hydrogens (tertiary/aromatic N) is 3. The van der Waals surface area contributed by atoms with Crippen molar-refractivity contribution in [2.24, 2.45) is 5.92 Å². The van der Waals surface area contributed by atoms with Crippen molar-refractivity contribution in [2.75, 3.05) is 20.2 Å². The van der Waals surface area contributed by atoms with Gasteiger partial charge in [-0.3, -0.25) is 0 Å². The summed E-state index contributed by atoms with van der Waals surface area (Å²) in [5.41, 5.74) is 2.16. The summed E-state index contributed by atoms with van der Waals surface area (Å²) >= 11 is 0. The number of methoxy groups -OCH3 is 1. The Morgan fingerprint density at radius 3 is 2.43 bits per heavy atom. The van der Waals surface area contributed by atoms with Crippen LogP contribution in [0.5, 0.6) is 5.75 Å². The zero-order valence-electron chi connectivity index (χ0n) is 16.2. The number of rotatable bonds is 5. The van der Waals surface area contributed by atoms with E-state index < -0.39 is 10.0 Å². The lowest BCUT2D eigenvalue weighted by Gasteiger charge is -2.31. The van der Waals surface area contributed by atoms with Gasteiger partial charge in [-0.05, 0) is 62.1 Å². The van der Waals surface area contributed by atoms with Crippen LogP contribution in [0.3, 0.4) is 0 Å². The molecular weight excluding hydrogens is 374 g/mol. The molecule has 0 aliphatic carbocycles. The summed E-state index contributed by atoms with van der Waals surface area (Å²) in [7, 11) is -1.89. The van der Waals surface area contributed by atoms with Crippen LogP contribution in [0.1, 0.15) is 18.7 Å². The molecule has 7 heteroatoms. The molecule has 28 heavy (non-hydrogen) atoms. The van der Waals surface area contributed by atoms with Crippen molar-refractivity contribution in [3.8, 4) is 5.75 Å². The first-order valence-corrected chi connectivity index (χ1v) is 11.0. The largest absolute Gasteiger partial charge is 0.497 e. The standard InChI is InChI=1S/C21H25N3O3S/c1-16-22-20-5-3-4-6-21(20)24(16)15-17-11-13-23(14-12-17)28(25,26)19-9-7-18(27-2)8-10-19/h3-10,17H,11-15H2,1-2H3. The average Bonchev–Trinajstić information content (AvgIpc) is 3.04. The Labute approximate surface area is 165 Å². The molecule has 0 saturated carbocycles. The molecule has 0 spiro atoms. The highest BCUT2D eigenvalue weighted by molar-refractivity contribution is 7.89. The number of hydrogen-bond donors (Lipinski definition) is 0. The van der Waals surface area contributed by atoms with Crippen LogP contribution in [-0.2, 0) is 16.6 Å². The second-order valence-corrected chi connectivity index (χ2v) is 9.22. The van der Waals surface area contributed by atoms with Gasteiger partial charge in [0.2, 0.25) is 10.0 Å². The summed E-state index contributed by atoms with van der Waals surface area (Å²) < 4.78 is 34.8. The minimum Gasteiger partial charge on any atom is -0.497 e. The molecule has 1 saturated heterocycles. The van der Waals surface area contributed by atoms with E-state index in [1.165, 1.54) is 0 Å². The number of aromatic nitrogens is 2. The second-order valence-electron chi connectivity index (χ2n) is 7.28. The molecule has 0 N–H and O–H groups in total. The maximum Gasteiger partial charge on any atom is 0.243 e. The fourth-order valence-corrected chi connectivity index (χ4v) is 5.38. The molecule has 3 aromatic rings. The van der Waals surface area contributed by atoms with Crippen molar-refractivity contribution in [1.82, 2.24) is 13.9 Å². The van der Waals surface area contributed by atoms with Gasteiger partial charge in [0.1, 0.15) is 11.6 Å². The van der Waals surface area contributed by atoms with Crippen molar-refractivity contribution in [1.29, 1.82) is 0 Å². The third-order valence-corrected chi connectivity index (χ3v) is 7.47. The van der Waals surface area contributed by atoms with E-state index in [4.69, 9.17) is 4.74 Å². The van der Waals surface area contributed by atoms with E-state index in [1.807, 2.05) is 25.1 Å². The minimum absolute atomic E-state index is 0.322. The van der Waals surface area contributed by atoms with Gasteiger partial charge in [0.05, 0.1) is 23.0 Å². The lowest BCUT2D eigenvalue weighted by molar-refractivity contribution is 0.253. The SMILES string of the molecule is COc1ccc(S(=O)(=O)N2CCC(Cn3c(C)nc4ccccc43)CC2)cc1. The molecular formula is C21H25N3O3S. The number of sulfonamides is 1. The fourth-order valence-electron chi connectivity index (χ4n) is 3.91. The Hall–Kier alpha value is -2.38. The molecule has 0 amide bonds. The van der Waals surface area contributed by atoms with Crippen molar-refractivity contribution in [2.45, 2.75) is 31.2 Å². The van der Waals surface area contributed by atoms with Gasteiger partial charge >= 0.3 is 0 Å². The molecule has 4 rings (SSSR count). The van der Waals surface area contributed by atoms with E-state index in [0.717, 1.165) is 36.2 Å². The normalized spacial score (nSPS) is 16.5. The average molecular weight is 400 g/mol. The van der Waals surface area contributed by atoms with Crippen LogP contribution in [0.15, 0.2) is 53.4 Å². The maximum absolute atomic E-state index is 12.9. The van der Waals surface area contributed by atoms with Gasteiger partial charge in [-0.25, -0.2) is 13.4 Å². The van der Waals surface area contributed by atoms with Gasteiger partial charge in [-0.1, -0.05) is 12.1 Å². The summed E-state index contributed by atoms with van der Waals surface area (Å²) in [5.74, 6) is 2.11. The van der Waals surface area contributed by atoms with Crippen LogP contribution in [0.2, 0.25) is 0 Å². The molecule has 0 bridgehead atoms. The van der Waals surface area contributed by atoms with Gasteiger partial charge in [-0.15, -0.1) is 0 Å². The molecule has 2 heterocycles. The van der Waals surface area contributed by atoms with Crippen LogP contribution in [-0.4, -0.2) is 42.5 Å². The second kappa shape index (κ2) is 7.56. The smallest absolute Gasteiger partial charge is 0.243 e. The molecule has 2 aromatic carbocycles. The van der Waals surface area contributed by atoms with Crippen LogP contribution in [0.25, 0.3) is 11.0 Å². The van der Waals surface area contributed by atoms with Gasteiger partial charge in [-0.2, -0.15) is 4.31 Å². The molecule has 0 radical (unpaired) electrons. The predicted octanol–water partition coefficient (Wildman–Crippen LogP) is 3.45. The third kappa shape index (κ3) is 3.52. The third-order valence-electron chi connectivity index (χ3n) is 5.56. The summed E-state index contributed by atoms with van der Waals surface area (Å²) in [5, 5.41) is 0. The zero-order chi connectivity index (χ0) is 19.7. The van der Waals surface area contributed by atoms with Crippen molar-refractivity contribution in [3.63, 3.8) is 0 Å². The molecule has 1 aliphatic heterocycles. The van der Waals surface area contributed by atoms with Crippen LogP contribution < -0.4 is 4.74 Å². The number of para-hydroxylation sites is 2. The molecule has 148 valence electrons. The number of fused-ring (bicyclic) bond motifs is 1. The number of imidazole rings is 1. The lowest BCUT2D eigenvalue weighted by Crippen LogP contribution is -2.39. The lowest BCUT2D eigenvalue weighted by atomic mass is 9.98. The van der Waals surface area contributed by atoms with Gasteiger partial charge in [0.25, 0.3) is 0 Å². The van der Waals surface area contributed by atoms with Gasteiger partial charge in [0.15, 0.2) is 0 Å². The van der Waals surface area contributed by atoms with E-state index in [9.17, 15) is 8.42 Å². The van der Waals surface area contributed by atoms with E-state index in [-0.39, 0.29) is 0 Å². The Bertz CT molecular complexity index is 1070. The zero-order valence-corrected chi connectivity index (χ0v) is 17.0. The van der Waals surface area contributed by atoms with Crippen molar-refractivity contribution in [3.05, 3.63) is 54.4 Å². The van der Waals surface area contributed by atoms with E-state index >= 15 is 0 Å². The van der Waals surface area contributed by atoms with Crippen LogP contribution in [0.4, 0.5) is 0 Å². The molecule has 1 fully saturated rings. The number of hydrogen-bond acceptors (Lipinski definition) is 4. The highest BCUT2D eigenvalue weighted by Crippen LogP contribution is 2.27. The first kappa shape index (κ1) is 19.0. The Morgan fingerprint density at radius 2 is 1.75 bits per heavy atom. The minimum atomic E-state index is -3.46. The summed E-state index contributed by atoms with van der Waals surface area (Å²) in [6, 6.07) is 14.8. The number of ether oxygens (including phenoxy) is 1. The first-order valence-electron chi connectivity index (χ1n) is 9.55. The van der Waals surface area contributed by atoms with E-state index in [2.05, 4.69) is 15.6 Å². The fraction of sp³-hybridized carbons (Fsp3) is 0.381. The van der Waals surface area contributed by atoms with E-state index in [0.29, 0.717) is 29.7 Å². The molecule has 1 aromatic heterocycles. The highest BCUT2D eigenvalue weighted by atomic mass is 32.2. The molecule has 1 aliphatic rings. The Balaban J connectivity index is 1.44. The molecule has 6 nitrogen and oxygen atoms in total. The summed E-state index contributed by atoms with van der Waals surface area (Å²) in [6.45, 7) is 4.00. The summed E-state index contributed by atoms with van der Waals surface area (Å²) in [4.78, 5) is 4.96. The van der Waals surface area contributed by atoms with Gasteiger partial charge in [0, 0.05) is 19.6 Å². The summed E-state index contributed by atoms with van der Waals surface area (Å²) in [6.07, 6.45) is 1.70. The van der Waals surface area contributed by atoms with Crippen LogP contribution in [0, 0.1) is 12.8 Å². The first-order chi connectivity index (χ1) is 13.5. The molecule has 0 atom stereocenters. The van der Waals surface area contributed by atoms with Crippen molar-refractivity contribution >= 4 is 21.1 Å². The van der Waals surface area contributed by atoms with Crippen LogP contribution >= 0.6 is 0 Å². The van der Waals surface area contributed by atoms with E-state index in [1.54, 1.807) is 35.7 Å². The Kier molecular flexibility index (Phi) is 5.12. The number of benzene rings is 2. The quantitative estimate of drug-likeness (QED) is 0.659. The number of piperidine rings is 1. The van der Waals surface area contributed by atoms with Crippen molar-refractivity contribution < 1.29 is 13.2 Å². The number of aryl methyl sites for hydroxylation is 1. The van der Waals surface area contributed by atoms with Gasteiger partial charge < -0.3 is 9.30 Å². The Morgan fingerprint density at radius 1 is 1.07 bits per heavy atom. The highest BCUT2D eigenvalue weighted by Gasteiger charge is 2.29. The maximum atomic E-state index is 12.9. The monoisotopic (exact) mass is 399 g/mol. The topological polar surface area (TPSA) is 64.4 Å². The predicted molar refractivity (Wildman–Crippen MR) is 109 cm³/mol. The molecule has 0 unspecified atom stereocenters.